The molecule has 0 N–H and O–H groups in total. The quantitative estimate of drug-likeness (QED) is 0.454. The number of halogens is 1. The van der Waals surface area contributed by atoms with Crippen LogP contribution in [0, 0.1) is 11.3 Å². The molecule has 0 spiro atoms. The Bertz CT molecular complexity index is 190. The molecule has 1 aliphatic rings. The first kappa shape index (κ1) is 6.71. The lowest BCUT2D eigenvalue weighted by Gasteiger charge is -1.87. The summed E-state index contributed by atoms with van der Waals surface area (Å²) in [7, 11) is 0. The average molecular weight is 141 g/mol. The Balaban J connectivity index is 2.74. The van der Waals surface area contributed by atoms with E-state index in [9.17, 15) is 0 Å². The Kier molecular flexibility index (Phi) is 2.19. The molecule has 0 aliphatic heterocycles. The number of hydrogen-bond acceptors (Lipinski definition) is 0. The largest absolute Gasteiger partial charge is 0.0617 e. The van der Waals surface area contributed by atoms with Crippen molar-refractivity contribution in [2.24, 2.45) is 0 Å². The van der Waals surface area contributed by atoms with E-state index >= 15 is 0 Å². The molecule has 1 aliphatic carbocycles. The third-order valence-corrected chi connectivity index (χ3v) is 1.79. The van der Waals surface area contributed by atoms with E-state index < -0.39 is 0 Å². The summed E-state index contributed by atoms with van der Waals surface area (Å²) in [5.41, 5.74) is 2.67. The van der Waals surface area contributed by atoms with E-state index in [0.29, 0.717) is 0 Å². The lowest BCUT2D eigenvalue weighted by molar-refractivity contribution is 0.900. The fourth-order valence-corrected chi connectivity index (χ4v) is 1.23. The van der Waals surface area contributed by atoms with Crippen LogP contribution in [0.25, 0.3) is 0 Å². The molecule has 0 saturated heterocycles. The van der Waals surface area contributed by atoms with Crippen molar-refractivity contribution in [3.05, 3.63) is 11.1 Å². The summed E-state index contributed by atoms with van der Waals surface area (Å²) in [5.74, 6) is 2.89. The Hall–Kier alpha value is -0.410. The molecule has 9 heavy (non-hydrogen) atoms. The van der Waals surface area contributed by atoms with Gasteiger partial charge in [-0.3, -0.25) is 0 Å². The second-order valence-electron chi connectivity index (χ2n) is 2.33. The Morgan fingerprint density at radius 2 is 2.22 bits per heavy atom. The summed E-state index contributed by atoms with van der Waals surface area (Å²) in [6, 6.07) is 0. The zero-order valence-electron chi connectivity index (χ0n) is 5.50. The standard InChI is InChI=1S/C8H9Cl/c1-7-3-2-4-8(7)5-6-9/h2-4H2,1H3. The number of rotatable bonds is 0. The second kappa shape index (κ2) is 2.94. The molecule has 0 atom stereocenters. The van der Waals surface area contributed by atoms with Crippen LogP contribution >= 0.6 is 11.6 Å². The summed E-state index contributed by atoms with van der Waals surface area (Å²) in [6.45, 7) is 2.13. The molecule has 0 aromatic carbocycles. The summed E-state index contributed by atoms with van der Waals surface area (Å²) in [6.07, 6.45) is 3.60. The first-order valence-electron chi connectivity index (χ1n) is 3.15. The highest BCUT2D eigenvalue weighted by molar-refractivity contribution is 6.30. The number of hydrogen-bond donors (Lipinski definition) is 0. The Morgan fingerprint density at radius 1 is 1.44 bits per heavy atom. The topological polar surface area (TPSA) is 0 Å². The van der Waals surface area contributed by atoms with Crippen molar-refractivity contribution < 1.29 is 0 Å². The molecule has 0 aromatic rings. The lowest BCUT2D eigenvalue weighted by atomic mass is 10.2. The van der Waals surface area contributed by atoms with Gasteiger partial charge in [-0.25, -0.2) is 0 Å². The minimum absolute atomic E-state index is 1.13. The predicted molar refractivity (Wildman–Crippen MR) is 40.2 cm³/mol. The van der Waals surface area contributed by atoms with Crippen LogP contribution in [0.4, 0.5) is 0 Å². The normalized spacial score (nSPS) is 17.6. The minimum Gasteiger partial charge on any atom is -0.0617 e. The monoisotopic (exact) mass is 140 g/mol. The molecule has 1 heteroatoms. The summed E-state index contributed by atoms with van der Waals surface area (Å²) in [5, 5.41) is 2.40. The summed E-state index contributed by atoms with van der Waals surface area (Å²) >= 11 is 5.25. The molecule has 0 nitrogen and oxygen atoms in total. The second-order valence-corrected chi connectivity index (χ2v) is 2.52. The van der Waals surface area contributed by atoms with Crippen LogP contribution in [0.2, 0.25) is 0 Å². The van der Waals surface area contributed by atoms with Crippen molar-refractivity contribution in [1.82, 2.24) is 0 Å². The first-order chi connectivity index (χ1) is 4.34. The van der Waals surface area contributed by atoms with E-state index in [0.717, 1.165) is 6.42 Å². The van der Waals surface area contributed by atoms with E-state index in [1.807, 2.05) is 0 Å². The molecule has 48 valence electrons. The van der Waals surface area contributed by atoms with Gasteiger partial charge >= 0.3 is 0 Å². The van der Waals surface area contributed by atoms with Crippen LogP contribution in [-0.2, 0) is 0 Å². The maximum Gasteiger partial charge on any atom is 0.00918 e. The van der Waals surface area contributed by atoms with Gasteiger partial charge < -0.3 is 0 Å². The molecule has 0 fully saturated rings. The molecule has 0 saturated carbocycles. The molecule has 1 rings (SSSR count). The molecule has 0 heterocycles. The van der Waals surface area contributed by atoms with Gasteiger partial charge in [-0.2, -0.15) is 0 Å². The first-order valence-corrected chi connectivity index (χ1v) is 3.52. The maximum absolute atomic E-state index is 5.25. The minimum atomic E-state index is 1.13. The van der Waals surface area contributed by atoms with Crippen molar-refractivity contribution in [1.29, 1.82) is 0 Å². The molecule has 0 bridgehead atoms. The van der Waals surface area contributed by atoms with Crippen molar-refractivity contribution in [3.8, 4) is 11.3 Å². The zero-order valence-corrected chi connectivity index (χ0v) is 6.26. The van der Waals surface area contributed by atoms with Crippen LogP contribution in [0.3, 0.4) is 0 Å². The third-order valence-electron chi connectivity index (χ3n) is 1.69. The van der Waals surface area contributed by atoms with Crippen molar-refractivity contribution in [3.63, 3.8) is 0 Å². The van der Waals surface area contributed by atoms with E-state index in [4.69, 9.17) is 11.6 Å². The van der Waals surface area contributed by atoms with Crippen LogP contribution in [0.5, 0.6) is 0 Å². The van der Waals surface area contributed by atoms with Gasteiger partial charge in [0.15, 0.2) is 0 Å². The molecular weight excluding hydrogens is 132 g/mol. The van der Waals surface area contributed by atoms with E-state index in [1.54, 1.807) is 0 Å². The molecule has 0 amide bonds. The van der Waals surface area contributed by atoms with E-state index in [1.165, 1.54) is 24.0 Å². The molecule has 0 unspecified atom stereocenters. The lowest BCUT2D eigenvalue weighted by Crippen LogP contribution is -1.71. The molecular formula is C8H9Cl. The smallest absolute Gasteiger partial charge is 0.00918 e. The zero-order chi connectivity index (χ0) is 6.69. The van der Waals surface area contributed by atoms with Gasteiger partial charge in [0, 0.05) is 11.0 Å². The fraction of sp³-hybridized carbons (Fsp3) is 0.500. The van der Waals surface area contributed by atoms with E-state index in [2.05, 4.69) is 18.2 Å². The third kappa shape index (κ3) is 1.50. The maximum atomic E-state index is 5.25. The van der Waals surface area contributed by atoms with Crippen LogP contribution in [0.15, 0.2) is 11.1 Å². The van der Waals surface area contributed by atoms with Gasteiger partial charge in [0.05, 0.1) is 0 Å². The molecule has 0 radical (unpaired) electrons. The van der Waals surface area contributed by atoms with E-state index in [-0.39, 0.29) is 0 Å². The van der Waals surface area contributed by atoms with Crippen molar-refractivity contribution >= 4 is 11.6 Å². The van der Waals surface area contributed by atoms with Gasteiger partial charge in [0.25, 0.3) is 0 Å². The predicted octanol–water partition coefficient (Wildman–Crippen LogP) is 2.69. The number of allylic oxidation sites excluding steroid dienone is 2. The van der Waals surface area contributed by atoms with Gasteiger partial charge in [-0.05, 0) is 37.8 Å². The van der Waals surface area contributed by atoms with Crippen LogP contribution in [0.1, 0.15) is 26.2 Å². The van der Waals surface area contributed by atoms with Gasteiger partial charge in [0.2, 0.25) is 0 Å². The SMILES string of the molecule is CC1=C(C#CCl)CCC1. The molecule has 0 aromatic heterocycles. The van der Waals surface area contributed by atoms with Gasteiger partial charge in [-0.15, -0.1) is 0 Å². The Labute approximate surface area is 60.9 Å². The van der Waals surface area contributed by atoms with Gasteiger partial charge in [0.1, 0.15) is 0 Å². The van der Waals surface area contributed by atoms with Crippen molar-refractivity contribution in [2.75, 3.05) is 0 Å². The van der Waals surface area contributed by atoms with Crippen LogP contribution in [-0.4, -0.2) is 0 Å². The highest BCUT2D eigenvalue weighted by Gasteiger charge is 2.06. The highest BCUT2D eigenvalue weighted by atomic mass is 35.5. The fourth-order valence-electron chi connectivity index (χ4n) is 1.12. The Morgan fingerprint density at radius 3 is 2.67 bits per heavy atom. The summed E-state index contributed by atoms with van der Waals surface area (Å²) in [4.78, 5) is 0. The van der Waals surface area contributed by atoms with Crippen molar-refractivity contribution in [2.45, 2.75) is 26.2 Å². The van der Waals surface area contributed by atoms with Crippen LogP contribution < -0.4 is 0 Å². The highest BCUT2D eigenvalue weighted by Crippen LogP contribution is 2.24. The average Bonchev–Trinajstić information content (AvgIpc) is 2.18. The van der Waals surface area contributed by atoms with Gasteiger partial charge in [-0.1, -0.05) is 11.5 Å². The summed E-state index contributed by atoms with van der Waals surface area (Å²) < 4.78 is 0.